The van der Waals surface area contributed by atoms with Gasteiger partial charge in [0.1, 0.15) is 19.5 Å². The van der Waals surface area contributed by atoms with Gasteiger partial charge >= 0.3 is 0 Å². The van der Waals surface area contributed by atoms with Gasteiger partial charge in [0, 0.05) is 0 Å². The van der Waals surface area contributed by atoms with Crippen LogP contribution in [0.1, 0.15) is 0 Å². The molecule has 0 aromatic carbocycles. The van der Waals surface area contributed by atoms with Gasteiger partial charge in [0.25, 0.3) is 5.91 Å². The number of carbonyl (C=O) groups excluding carboxylic acids is 1. The summed E-state index contributed by atoms with van der Waals surface area (Å²) in [6.07, 6.45) is 0.773. The van der Waals surface area contributed by atoms with E-state index < -0.39 is 12.6 Å². The second kappa shape index (κ2) is 5.02. The number of oxime groups is 1. The number of nitrogens with zero attached hydrogens (tertiary/aromatic N) is 1. The fourth-order valence-electron chi connectivity index (χ4n) is 0.176. The summed E-state index contributed by atoms with van der Waals surface area (Å²) in [6, 6.07) is 0. The molecule has 0 heterocycles. The van der Waals surface area contributed by atoms with Gasteiger partial charge in [-0.15, -0.1) is 0 Å². The quantitative estimate of drug-likeness (QED) is 0.318. The highest BCUT2D eigenvalue weighted by atomic mass is 19.1. The molecule has 0 saturated carbocycles. The molecular formula is C4H7FN2O2. The lowest BCUT2D eigenvalue weighted by molar-refractivity contribution is -0.111. The van der Waals surface area contributed by atoms with E-state index in [-0.39, 0.29) is 6.61 Å². The fourth-order valence-corrected chi connectivity index (χ4v) is 0.176. The molecule has 0 unspecified atom stereocenters. The van der Waals surface area contributed by atoms with Crippen molar-refractivity contribution in [2.24, 2.45) is 10.9 Å². The Bertz CT molecular complexity index is 115. The zero-order chi connectivity index (χ0) is 7.11. The third-order valence-corrected chi connectivity index (χ3v) is 0.423. The molecule has 0 aromatic heterocycles. The highest BCUT2D eigenvalue weighted by Gasteiger charge is 1.83. The van der Waals surface area contributed by atoms with Crippen LogP contribution >= 0.6 is 0 Å². The van der Waals surface area contributed by atoms with Crippen molar-refractivity contribution in [2.45, 2.75) is 0 Å². The van der Waals surface area contributed by atoms with E-state index in [2.05, 4.69) is 15.7 Å². The van der Waals surface area contributed by atoms with Crippen LogP contribution in [-0.2, 0) is 9.63 Å². The molecule has 0 atom stereocenters. The third kappa shape index (κ3) is 6.87. The first-order chi connectivity index (χ1) is 4.27. The summed E-state index contributed by atoms with van der Waals surface area (Å²) in [7, 11) is 0. The largest absolute Gasteiger partial charge is 0.393 e. The highest BCUT2D eigenvalue weighted by molar-refractivity contribution is 6.25. The summed E-state index contributed by atoms with van der Waals surface area (Å²) in [5.74, 6) is -0.714. The Morgan fingerprint density at radius 3 is 3.00 bits per heavy atom. The summed E-state index contributed by atoms with van der Waals surface area (Å²) < 4.78 is 11.2. The number of nitrogens with two attached hydrogens (primary N) is 1. The molecule has 1 amide bonds. The van der Waals surface area contributed by atoms with Gasteiger partial charge in [-0.1, -0.05) is 5.16 Å². The third-order valence-electron chi connectivity index (χ3n) is 0.423. The standard InChI is InChI=1S/C4H7FN2O2/c5-1-2-9-7-3-4(6)8/h3H,1-2H2,(H2,6,8). The maximum atomic E-state index is 11.2. The van der Waals surface area contributed by atoms with E-state index in [0.717, 1.165) is 6.21 Å². The summed E-state index contributed by atoms with van der Waals surface area (Å²) in [4.78, 5) is 14.0. The van der Waals surface area contributed by atoms with E-state index >= 15 is 0 Å². The molecule has 2 N–H and O–H groups in total. The van der Waals surface area contributed by atoms with Crippen molar-refractivity contribution in [3.63, 3.8) is 0 Å². The van der Waals surface area contributed by atoms with E-state index in [1.54, 1.807) is 0 Å². The van der Waals surface area contributed by atoms with Gasteiger partial charge in [-0.25, -0.2) is 4.39 Å². The first kappa shape index (κ1) is 7.87. The molecular weight excluding hydrogens is 127 g/mol. The highest BCUT2D eigenvalue weighted by Crippen LogP contribution is 1.73. The molecule has 0 fully saturated rings. The summed E-state index contributed by atoms with van der Waals surface area (Å²) >= 11 is 0. The van der Waals surface area contributed by atoms with Crippen LogP contribution in [0.15, 0.2) is 5.16 Å². The number of halogens is 1. The number of carbonyl (C=O) groups is 1. The predicted molar refractivity (Wildman–Crippen MR) is 29.6 cm³/mol. The molecule has 52 valence electrons. The smallest absolute Gasteiger partial charge is 0.263 e. The fraction of sp³-hybridized carbons (Fsp3) is 0.500. The summed E-state index contributed by atoms with van der Waals surface area (Å²) in [5.41, 5.74) is 4.61. The molecule has 0 radical (unpaired) electrons. The molecule has 0 aliphatic carbocycles. The van der Waals surface area contributed by atoms with Crippen molar-refractivity contribution in [1.82, 2.24) is 0 Å². The van der Waals surface area contributed by atoms with Crippen LogP contribution in [0.25, 0.3) is 0 Å². The number of primary amides is 1. The van der Waals surface area contributed by atoms with Crippen LogP contribution in [0, 0.1) is 0 Å². The number of hydrogen-bond donors (Lipinski definition) is 1. The number of hydrogen-bond acceptors (Lipinski definition) is 3. The van der Waals surface area contributed by atoms with Gasteiger partial charge in [0.05, 0.1) is 0 Å². The maximum absolute atomic E-state index is 11.2. The van der Waals surface area contributed by atoms with Crippen molar-refractivity contribution < 1.29 is 14.0 Å². The number of amides is 1. The van der Waals surface area contributed by atoms with Crippen molar-refractivity contribution in [2.75, 3.05) is 13.3 Å². The SMILES string of the molecule is NC(=O)C=NOCCF. The van der Waals surface area contributed by atoms with Gasteiger partial charge in [0.15, 0.2) is 0 Å². The van der Waals surface area contributed by atoms with E-state index in [4.69, 9.17) is 0 Å². The van der Waals surface area contributed by atoms with E-state index in [9.17, 15) is 9.18 Å². The molecule has 9 heavy (non-hydrogen) atoms. The second-order valence-corrected chi connectivity index (χ2v) is 1.16. The van der Waals surface area contributed by atoms with Crippen molar-refractivity contribution >= 4 is 12.1 Å². The Labute approximate surface area is 51.5 Å². The molecule has 5 heteroatoms. The van der Waals surface area contributed by atoms with Crippen molar-refractivity contribution in [3.05, 3.63) is 0 Å². The first-order valence-corrected chi connectivity index (χ1v) is 2.28. The predicted octanol–water partition coefficient (Wildman–Crippen LogP) is -0.556. The Hall–Kier alpha value is -1.13. The van der Waals surface area contributed by atoms with Gasteiger partial charge in [-0.05, 0) is 0 Å². The zero-order valence-corrected chi connectivity index (χ0v) is 4.71. The van der Waals surface area contributed by atoms with E-state index in [1.807, 2.05) is 0 Å². The molecule has 0 bridgehead atoms. The summed E-state index contributed by atoms with van der Waals surface area (Å²) in [6.45, 7) is -0.778. The zero-order valence-electron chi connectivity index (χ0n) is 4.71. The topological polar surface area (TPSA) is 64.7 Å². The monoisotopic (exact) mass is 134 g/mol. The van der Waals surface area contributed by atoms with Crippen LogP contribution in [0.4, 0.5) is 4.39 Å². The second-order valence-electron chi connectivity index (χ2n) is 1.16. The minimum atomic E-state index is -0.714. The molecule has 0 aliphatic heterocycles. The average molecular weight is 134 g/mol. The molecule has 0 aromatic rings. The van der Waals surface area contributed by atoms with Crippen LogP contribution in [0.2, 0.25) is 0 Å². The minimum absolute atomic E-state index is 0.149. The average Bonchev–Trinajstić information content (AvgIpc) is 1.80. The number of alkyl halides is 1. The van der Waals surface area contributed by atoms with E-state index in [1.165, 1.54) is 0 Å². The Morgan fingerprint density at radius 2 is 2.56 bits per heavy atom. The molecule has 0 saturated heterocycles. The van der Waals surface area contributed by atoms with Crippen LogP contribution in [0.3, 0.4) is 0 Å². The van der Waals surface area contributed by atoms with Crippen molar-refractivity contribution in [1.29, 1.82) is 0 Å². The van der Waals surface area contributed by atoms with Crippen LogP contribution in [-0.4, -0.2) is 25.4 Å². The first-order valence-electron chi connectivity index (χ1n) is 2.28. The van der Waals surface area contributed by atoms with Gasteiger partial charge in [0.2, 0.25) is 0 Å². The lowest BCUT2D eigenvalue weighted by Crippen LogP contribution is -2.11. The number of rotatable bonds is 4. The lowest BCUT2D eigenvalue weighted by Gasteiger charge is -1.88. The van der Waals surface area contributed by atoms with Gasteiger partial charge in [-0.3, -0.25) is 4.79 Å². The Balaban J connectivity index is 3.15. The molecule has 0 spiro atoms. The van der Waals surface area contributed by atoms with E-state index in [0.29, 0.717) is 0 Å². The summed E-state index contributed by atoms with van der Waals surface area (Å²) in [5, 5.41) is 3.02. The molecule has 4 nitrogen and oxygen atoms in total. The minimum Gasteiger partial charge on any atom is -0.393 e. The van der Waals surface area contributed by atoms with Gasteiger partial charge < -0.3 is 10.6 Å². The lowest BCUT2D eigenvalue weighted by atomic mass is 10.7. The van der Waals surface area contributed by atoms with Crippen LogP contribution < -0.4 is 5.73 Å². The molecule has 0 aliphatic rings. The van der Waals surface area contributed by atoms with Crippen molar-refractivity contribution in [3.8, 4) is 0 Å². The normalized spacial score (nSPS) is 9.89. The molecule has 0 rings (SSSR count). The van der Waals surface area contributed by atoms with Gasteiger partial charge in [-0.2, -0.15) is 0 Å². The Kier molecular flexibility index (Phi) is 4.39. The van der Waals surface area contributed by atoms with Crippen LogP contribution in [0.5, 0.6) is 0 Å². The maximum Gasteiger partial charge on any atom is 0.263 e. The Morgan fingerprint density at radius 1 is 1.89 bits per heavy atom.